The average Bonchev–Trinajstić information content (AvgIpc) is 3.19. The van der Waals surface area contributed by atoms with Crippen LogP contribution in [-0.4, -0.2) is 25.2 Å². The van der Waals surface area contributed by atoms with Crippen molar-refractivity contribution in [1.29, 1.82) is 0 Å². The first-order chi connectivity index (χ1) is 14.4. The third-order valence-corrected chi connectivity index (χ3v) is 5.34. The SMILES string of the molecule is CC(C)(NC(=O)CCCOc1ccc2c(c1)CCC(=O)N2)c1ccc2c(c1)OCO2. The molecular weight excluding hydrogens is 384 g/mol. The molecule has 0 atom stereocenters. The number of ether oxygens (including phenoxy) is 3. The van der Waals surface area contributed by atoms with E-state index in [2.05, 4.69) is 10.6 Å². The van der Waals surface area contributed by atoms with E-state index in [0.717, 1.165) is 34.7 Å². The molecule has 2 aliphatic rings. The van der Waals surface area contributed by atoms with Crippen LogP contribution in [0.3, 0.4) is 0 Å². The van der Waals surface area contributed by atoms with Gasteiger partial charge in [-0.25, -0.2) is 0 Å². The van der Waals surface area contributed by atoms with Gasteiger partial charge < -0.3 is 24.8 Å². The number of anilines is 1. The lowest BCUT2D eigenvalue weighted by Gasteiger charge is -2.27. The molecule has 2 amide bonds. The summed E-state index contributed by atoms with van der Waals surface area (Å²) in [6, 6.07) is 11.4. The van der Waals surface area contributed by atoms with Crippen molar-refractivity contribution in [2.24, 2.45) is 0 Å². The molecule has 7 nitrogen and oxygen atoms in total. The molecule has 2 aromatic rings. The van der Waals surface area contributed by atoms with Gasteiger partial charge in [0.1, 0.15) is 5.75 Å². The summed E-state index contributed by atoms with van der Waals surface area (Å²) in [6.45, 7) is 4.60. The van der Waals surface area contributed by atoms with Crippen LogP contribution in [0, 0.1) is 0 Å². The lowest BCUT2D eigenvalue weighted by Crippen LogP contribution is -2.41. The number of benzene rings is 2. The number of carbonyl (C=O) groups is 2. The van der Waals surface area contributed by atoms with Gasteiger partial charge >= 0.3 is 0 Å². The van der Waals surface area contributed by atoms with Crippen molar-refractivity contribution >= 4 is 17.5 Å². The maximum absolute atomic E-state index is 12.4. The van der Waals surface area contributed by atoms with Gasteiger partial charge in [-0.05, 0) is 68.1 Å². The number of hydrogen-bond acceptors (Lipinski definition) is 5. The third kappa shape index (κ3) is 4.50. The van der Waals surface area contributed by atoms with Crippen LogP contribution in [-0.2, 0) is 21.5 Å². The number of amides is 2. The van der Waals surface area contributed by atoms with Gasteiger partial charge in [0, 0.05) is 18.5 Å². The highest BCUT2D eigenvalue weighted by Gasteiger charge is 2.25. The van der Waals surface area contributed by atoms with Crippen LogP contribution in [0.4, 0.5) is 5.69 Å². The third-order valence-electron chi connectivity index (χ3n) is 5.34. The van der Waals surface area contributed by atoms with E-state index >= 15 is 0 Å². The molecule has 0 saturated carbocycles. The Kier molecular flexibility index (Phi) is 5.53. The topological polar surface area (TPSA) is 85.9 Å². The van der Waals surface area contributed by atoms with Crippen molar-refractivity contribution in [1.82, 2.24) is 5.32 Å². The molecule has 7 heteroatoms. The summed E-state index contributed by atoms with van der Waals surface area (Å²) >= 11 is 0. The molecule has 0 radical (unpaired) electrons. The van der Waals surface area contributed by atoms with Gasteiger partial charge in [0.2, 0.25) is 18.6 Å². The van der Waals surface area contributed by atoms with E-state index in [1.165, 1.54) is 0 Å². The summed E-state index contributed by atoms with van der Waals surface area (Å²) < 4.78 is 16.6. The fourth-order valence-electron chi connectivity index (χ4n) is 3.64. The molecule has 0 unspecified atom stereocenters. The van der Waals surface area contributed by atoms with E-state index in [1.807, 2.05) is 50.2 Å². The van der Waals surface area contributed by atoms with Crippen molar-refractivity contribution in [3.63, 3.8) is 0 Å². The van der Waals surface area contributed by atoms with Crippen molar-refractivity contribution < 1.29 is 23.8 Å². The molecule has 0 aromatic heterocycles. The molecule has 158 valence electrons. The van der Waals surface area contributed by atoms with Crippen LogP contribution < -0.4 is 24.8 Å². The summed E-state index contributed by atoms with van der Waals surface area (Å²) in [5.41, 5.74) is 2.36. The minimum absolute atomic E-state index is 0.0329. The zero-order valence-corrected chi connectivity index (χ0v) is 17.2. The highest BCUT2D eigenvalue weighted by atomic mass is 16.7. The number of nitrogens with one attached hydrogen (secondary N) is 2. The van der Waals surface area contributed by atoms with E-state index in [4.69, 9.17) is 14.2 Å². The van der Waals surface area contributed by atoms with Crippen LogP contribution in [0.25, 0.3) is 0 Å². The van der Waals surface area contributed by atoms with E-state index < -0.39 is 5.54 Å². The summed E-state index contributed by atoms with van der Waals surface area (Å²) in [7, 11) is 0. The molecule has 0 bridgehead atoms. The number of fused-ring (bicyclic) bond motifs is 2. The molecule has 0 fully saturated rings. The van der Waals surface area contributed by atoms with Gasteiger partial charge in [0.25, 0.3) is 0 Å². The maximum atomic E-state index is 12.4. The van der Waals surface area contributed by atoms with Crippen LogP contribution >= 0.6 is 0 Å². The molecule has 0 aliphatic carbocycles. The normalized spacial score (nSPS) is 14.7. The molecule has 2 N–H and O–H groups in total. The first-order valence-electron chi connectivity index (χ1n) is 10.2. The Bertz CT molecular complexity index is 970. The van der Waals surface area contributed by atoms with Crippen LogP contribution in [0.15, 0.2) is 36.4 Å². The Balaban J connectivity index is 1.24. The molecule has 4 rings (SSSR count). The Morgan fingerprint density at radius 1 is 1.13 bits per heavy atom. The number of aryl methyl sites for hydroxylation is 1. The van der Waals surface area contributed by atoms with Crippen molar-refractivity contribution in [2.75, 3.05) is 18.7 Å². The van der Waals surface area contributed by atoms with Crippen molar-refractivity contribution in [3.05, 3.63) is 47.5 Å². The fourth-order valence-corrected chi connectivity index (χ4v) is 3.64. The minimum Gasteiger partial charge on any atom is -0.494 e. The first kappa shape index (κ1) is 20.1. The Labute approximate surface area is 175 Å². The smallest absolute Gasteiger partial charge is 0.231 e. The summed E-state index contributed by atoms with van der Waals surface area (Å²) in [5.74, 6) is 2.20. The zero-order valence-electron chi connectivity index (χ0n) is 17.2. The Morgan fingerprint density at radius 3 is 2.83 bits per heavy atom. The number of carbonyl (C=O) groups excluding carboxylic acids is 2. The molecule has 0 saturated heterocycles. The largest absolute Gasteiger partial charge is 0.494 e. The lowest BCUT2D eigenvalue weighted by atomic mass is 9.93. The highest BCUT2D eigenvalue weighted by Crippen LogP contribution is 2.35. The van der Waals surface area contributed by atoms with Crippen LogP contribution in [0.1, 0.15) is 44.2 Å². The Hall–Kier alpha value is -3.22. The van der Waals surface area contributed by atoms with Crippen LogP contribution in [0.2, 0.25) is 0 Å². The molecular formula is C23H26N2O5. The van der Waals surface area contributed by atoms with E-state index in [-0.39, 0.29) is 18.6 Å². The van der Waals surface area contributed by atoms with Gasteiger partial charge in [-0.2, -0.15) is 0 Å². The quantitative estimate of drug-likeness (QED) is 0.683. The van der Waals surface area contributed by atoms with Gasteiger partial charge in [-0.15, -0.1) is 0 Å². The lowest BCUT2D eigenvalue weighted by molar-refractivity contribution is -0.123. The molecule has 2 aromatic carbocycles. The van der Waals surface area contributed by atoms with Gasteiger partial charge in [0.05, 0.1) is 12.1 Å². The van der Waals surface area contributed by atoms with E-state index in [9.17, 15) is 9.59 Å². The summed E-state index contributed by atoms with van der Waals surface area (Å²) in [6.07, 6.45) is 2.19. The second-order valence-electron chi connectivity index (χ2n) is 8.06. The molecule has 30 heavy (non-hydrogen) atoms. The number of rotatable bonds is 7. The maximum Gasteiger partial charge on any atom is 0.231 e. The van der Waals surface area contributed by atoms with Gasteiger partial charge in [-0.3, -0.25) is 9.59 Å². The Morgan fingerprint density at radius 2 is 1.97 bits per heavy atom. The van der Waals surface area contributed by atoms with Crippen LogP contribution in [0.5, 0.6) is 17.2 Å². The second-order valence-corrected chi connectivity index (χ2v) is 8.06. The summed E-state index contributed by atoms with van der Waals surface area (Å²) in [4.78, 5) is 23.9. The molecule has 2 heterocycles. The monoisotopic (exact) mass is 410 g/mol. The fraction of sp³-hybridized carbons (Fsp3) is 0.391. The number of hydrogen-bond donors (Lipinski definition) is 2. The van der Waals surface area contributed by atoms with E-state index in [0.29, 0.717) is 31.6 Å². The predicted octanol–water partition coefficient (Wildman–Crippen LogP) is 3.51. The van der Waals surface area contributed by atoms with Crippen molar-refractivity contribution in [3.8, 4) is 17.2 Å². The van der Waals surface area contributed by atoms with Crippen molar-refractivity contribution in [2.45, 2.75) is 45.1 Å². The molecule has 0 spiro atoms. The standard InChI is InChI=1S/C23H26N2O5/c1-23(2,16-6-9-19-20(13-16)30-14-29-19)25-22(27)4-3-11-28-17-7-8-18-15(12-17)5-10-21(26)24-18/h6-9,12-13H,3-5,10-11,14H2,1-2H3,(H,24,26)(H,25,27). The molecule has 2 aliphatic heterocycles. The van der Waals surface area contributed by atoms with Gasteiger partial charge in [0.15, 0.2) is 11.5 Å². The van der Waals surface area contributed by atoms with E-state index in [1.54, 1.807) is 0 Å². The second kappa shape index (κ2) is 8.26. The van der Waals surface area contributed by atoms with Gasteiger partial charge in [-0.1, -0.05) is 6.07 Å². The predicted molar refractivity (Wildman–Crippen MR) is 112 cm³/mol. The zero-order chi connectivity index (χ0) is 21.1. The average molecular weight is 410 g/mol. The first-order valence-corrected chi connectivity index (χ1v) is 10.2. The minimum atomic E-state index is -0.526. The summed E-state index contributed by atoms with van der Waals surface area (Å²) in [5, 5.41) is 5.93. The highest BCUT2D eigenvalue weighted by molar-refractivity contribution is 5.94.